The number of benzene rings is 2. The Bertz CT molecular complexity index is 1030. The number of rotatable bonds is 5. The van der Waals surface area contributed by atoms with Gasteiger partial charge in [0, 0.05) is 24.1 Å². The molecule has 30 heavy (non-hydrogen) atoms. The number of piperidine rings is 1. The topological polar surface area (TPSA) is 68.5 Å². The maximum absolute atomic E-state index is 13.2. The summed E-state index contributed by atoms with van der Waals surface area (Å²) in [5, 5.41) is 4.16. The molecular formula is C23H24FN3O3. The first-order valence-corrected chi connectivity index (χ1v) is 10.0. The number of nitrogens with zero attached hydrogens (tertiary/aromatic N) is 3. The van der Waals surface area contributed by atoms with Gasteiger partial charge in [0.15, 0.2) is 12.4 Å². The van der Waals surface area contributed by atoms with Gasteiger partial charge in [-0.3, -0.25) is 4.79 Å². The molecule has 1 unspecified atom stereocenters. The first kappa shape index (κ1) is 20.1. The molecule has 0 bridgehead atoms. The summed E-state index contributed by atoms with van der Waals surface area (Å²) in [6.07, 6.45) is 1.69. The molecule has 0 aliphatic carbocycles. The molecule has 1 amide bonds. The molecule has 1 fully saturated rings. The lowest BCUT2D eigenvalue weighted by Crippen LogP contribution is -2.48. The number of amides is 1. The molecule has 3 aromatic rings. The van der Waals surface area contributed by atoms with Crippen LogP contribution in [0.5, 0.6) is 5.75 Å². The van der Waals surface area contributed by atoms with Gasteiger partial charge in [0.05, 0.1) is 0 Å². The van der Waals surface area contributed by atoms with Gasteiger partial charge in [0.2, 0.25) is 0 Å². The van der Waals surface area contributed by atoms with Crippen molar-refractivity contribution in [2.24, 2.45) is 0 Å². The van der Waals surface area contributed by atoms with E-state index in [0.29, 0.717) is 36.1 Å². The highest BCUT2D eigenvalue weighted by Crippen LogP contribution is 2.33. The van der Waals surface area contributed by atoms with E-state index < -0.39 is 5.41 Å². The maximum atomic E-state index is 13.2. The van der Waals surface area contributed by atoms with Crippen molar-refractivity contribution >= 4 is 5.91 Å². The highest BCUT2D eigenvalue weighted by atomic mass is 19.1. The van der Waals surface area contributed by atoms with Gasteiger partial charge in [-0.25, -0.2) is 4.39 Å². The summed E-state index contributed by atoms with van der Waals surface area (Å²) in [5.41, 5.74) is 1.33. The molecule has 2 heterocycles. The fourth-order valence-corrected chi connectivity index (χ4v) is 3.75. The van der Waals surface area contributed by atoms with Crippen molar-refractivity contribution in [3.8, 4) is 17.2 Å². The SMILES string of the molecule is Cc1cccc(OCC(=O)N2CCCC(C)(c3noc(-c4ccc(F)cc4)n3)C2)c1. The van der Waals surface area contributed by atoms with Crippen molar-refractivity contribution in [2.45, 2.75) is 32.1 Å². The third-order valence-electron chi connectivity index (χ3n) is 5.46. The zero-order valence-corrected chi connectivity index (χ0v) is 17.1. The van der Waals surface area contributed by atoms with E-state index in [1.54, 1.807) is 17.0 Å². The summed E-state index contributed by atoms with van der Waals surface area (Å²) < 4.78 is 24.2. The lowest BCUT2D eigenvalue weighted by molar-refractivity contribution is -0.135. The van der Waals surface area contributed by atoms with Crippen LogP contribution in [0.2, 0.25) is 0 Å². The molecule has 1 saturated heterocycles. The maximum Gasteiger partial charge on any atom is 0.260 e. The second-order valence-corrected chi connectivity index (χ2v) is 8.01. The number of carbonyl (C=O) groups is 1. The Morgan fingerprint density at radius 3 is 2.83 bits per heavy atom. The number of hydrogen-bond donors (Lipinski definition) is 0. The van der Waals surface area contributed by atoms with Crippen LogP contribution >= 0.6 is 0 Å². The predicted octanol–water partition coefficient (Wildman–Crippen LogP) is 4.14. The van der Waals surface area contributed by atoms with Crippen LogP contribution in [-0.2, 0) is 10.2 Å². The zero-order chi connectivity index (χ0) is 21.1. The second kappa shape index (κ2) is 8.26. The van der Waals surface area contributed by atoms with Gasteiger partial charge in [0.25, 0.3) is 11.8 Å². The van der Waals surface area contributed by atoms with Crippen LogP contribution in [0, 0.1) is 12.7 Å². The minimum atomic E-state index is -0.418. The number of likely N-dealkylation sites (tertiary alicyclic amines) is 1. The van der Waals surface area contributed by atoms with E-state index >= 15 is 0 Å². The van der Waals surface area contributed by atoms with E-state index in [-0.39, 0.29) is 18.3 Å². The lowest BCUT2D eigenvalue weighted by atomic mass is 9.81. The van der Waals surface area contributed by atoms with Crippen LogP contribution < -0.4 is 4.74 Å². The summed E-state index contributed by atoms with van der Waals surface area (Å²) in [4.78, 5) is 19.1. The molecule has 0 spiro atoms. The molecule has 6 nitrogen and oxygen atoms in total. The van der Waals surface area contributed by atoms with E-state index in [1.165, 1.54) is 12.1 Å². The van der Waals surface area contributed by atoms with Crippen LogP contribution in [0.3, 0.4) is 0 Å². The summed E-state index contributed by atoms with van der Waals surface area (Å²) in [5.74, 6) is 1.20. The van der Waals surface area contributed by atoms with Crippen LogP contribution in [0.15, 0.2) is 53.1 Å². The van der Waals surface area contributed by atoms with Gasteiger partial charge in [0.1, 0.15) is 11.6 Å². The molecule has 1 aliphatic rings. The minimum absolute atomic E-state index is 0.00733. The molecule has 0 saturated carbocycles. The largest absolute Gasteiger partial charge is 0.484 e. The molecular weight excluding hydrogens is 385 g/mol. The van der Waals surface area contributed by atoms with E-state index in [2.05, 4.69) is 10.1 Å². The van der Waals surface area contributed by atoms with E-state index in [1.807, 2.05) is 38.1 Å². The average Bonchev–Trinajstić information content (AvgIpc) is 3.24. The average molecular weight is 409 g/mol. The fourth-order valence-electron chi connectivity index (χ4n) is 3.75. The van der Waals surface area contributed by atoms with Gasteiger partial charge in [-0.05, 0) is 61.7 Å². The number of aromatic nitrogens is 2. The van der Waals surface area contributed by atoms with Gasteiger partial charge in [-0.15, -0.1) is 0 Å². The molecule has 1 aromatic heterocycles. The van der Waals surface area contributed by atoms with Crippen molar-refractivity contribution < 1.29 is 18.4 Å². The van der Waals surface area contributed by atoms with E-state index in [9.17, 15) is 9.18 Å². The van der Waals surface area contributed by atoms with E-state index in [4.69, 9.17) is 9.26 Å². The molecule has 4 rings (SSSR count). The Morgan fingerprint density at radius 1 is 1.27 bits per heavy atom. The Morgan fingerprint density at radius 2 is 2.07 bits per heavy atom. The van der Waals surface area contributed by atoms with Crippen molar-refractivity contribution in [1.29, 1.82) is 0 Å². The van der Waals surface area contributed by atoms with E-state index in [0.717, 1.165) is 18.4 Å². The van der Waals surface area contributed by atoms with Crippen LogP contribution in [0.1, 0.15) is 31.2 Å². The molecule has 2 aromatic carbocycles. The Hall–Kier alpha value is -3.22. The lowest BCUT2D eigenvalue weighted by Gasteiger charge is -2.38. The highest BCUT2D eigenvalue weighted by molar-refractivity contribution is 5.78. The summed E-state index contributed by atoms with van der Waals surface area (Å²) >= 11 is 0. The Labute approximate surface area is 174 Å². The van der Waals surface area contributed by atoms with Crippen molar-refractivity contribution in [3.05, 3.63) is 65.7 Å². The molecule has 156 valence electrons. The first-order valence-electron chi connectivity index (χ1n) is 10.0. The third-order valence-corrected chi connectivity index (χ3v) is 5.46. The van der Waals surface area contributed by atoms with Gasteiger partial charge in [-0.1, -0.05) is 24.2 Å². The summed E-state index contributed by atoms with van der Waals surface area (Å²) in [6, 6.07) is 13.6. The van der Waals surface area contributed by atoms with Crippen LogP contribution in [-0.4, -0.2) is 40.6 Å². The standard InChI is InChI=1S/C23H24FN3O3/c1-16-5-3-6-19(13-16)29-14-20(28)27-12-4-11-23(2,15-27)22-25-21(30-26-22)17-7-9-18(24)10-8-17/h3,5-10,13H,4,11-12,14-15H2,1-2H3. The van der Waals surface area contributed by atoms with Crippen molar-refractivity contribution in [1.82, 2.24) is 15.0 Å². The van der Waals surface area contributed by atoms with Crippen molar-refractivity contribution in [2.75, 3.05) is 19.7 Å². The monoisotopic (exact) mass is 409 g/mol. The number of hydrogen-bond acceptors (Lipinski definition) is 5. The number of halogens is 1. The highest BCUT2D eigenvalue weighted by Gasteiger charge is 2.38. The molecule has 1 aliphatic heterocycles. The van der Waals surface area contributed by atoms with Crippen LogP contribution in [0.4, 0.5) is 4.39 Å². The summed E-state index contributed by atoms with van der Waals surface area (Å²) in [7, 11) is 0. The Kier molecular flexibility index (Phi) is 5.53. The quantitative estimate of drug-likeness (QED) is 0.633. The van der Waals surface area contributed by atoms with Gasteiger partial charge in [-0.2, -0.15) is 4.98 Å². The predicted molar refractivity (Wildman–Crippen MR) is 110 cm³/mol. The molecule has 0 N–H and O–H groups in total. The number of aryl methyl sites for hydroxylation is 1. The smallest absolute Gasteiger partial charge is 0.260 e. The van der Waals surface area contributed by atoms with Gasteiger partial charge < -0.3 is 14.2 Å². The normalized spacial score (nSPS) is 19.0. The Balaban J connectivity index is 1.43. The third kappa shape index (κ3) is 4.35. The number of carbonyl (C=O) groups excluding carboxylic acids is 1. The minimum Gasteiger partial charge on any atom is -0.484 e. The molecule has 0 radical (unpaired) electrons. The van der Waals surface area contributed by atoms with Gasteiger partial charge >= 0.3 is 0 Å². The first-order chi connectivity index (χ1) is 14.4. The fraction of sp³-hybridized carbons (Fsp3) is 0.348. The van der Waals surface area contributed by atoms with Crippen LogP contribution in [0.25, 0.3) is 11.5 Å². The summed E-state index contributed by atoms with van der Waals surface area (Å²) in [6.45, 7) is 5.18. The van der Waals surface area contributed by atoms with Crippen molar-refractivity contribution in [3.63, 3.8) is 0 Å². The number of ether oxygens (including phenoxy) is 1. The zero-order valence-electron chi connectivity index (χ0n) is 17.1. The molecule has 1 atom stereocenters. The molecule has 7 heteroatoms. The second-order valence-electron chi connectivity index (χ2n) is 8.01.